The Morgan fingerprint density at radius 2 is 1.96 bits per heavy atom. The van der Waals surface area contributed by atoms with Crippen LogP contribution in [0, 0.1) is 0 Å². The second-order valence-corrected chi connectivity index (χ2v) is 6.55. The quantitative estimate of drug-likeness (QED) is 0.775. The highest BCUT2D eigenvalue weighted by Gasteiger charge is 2.34. The Morgan fingerprint density at radius 3 is 2.59 bits per heavy atom. The summed E-state index contributed by atoms with van der Waals surface area (Å²) in [5, 5.41) is 18.6. The van der Waals surface area contributed by atoms with Crippen molar-refractivity contribution in [1.29, 1.82) is 0 Å². The van der Waals surface area contributed by atoms with Crippen LogP contribution in [-0.4, -0.2) is 39.0 Å². The molecule has 1 saturated carbocycles. The number of hydrogen-bond donors (Lipinski definition) is 2. The normalized spacial score (nSPS) is 20.3. The minimum absolute atomic E-state index is 0.102. The monoisotopic (exact) mass is 405 g/mol. The van der Waals surface area contributed by atoms with E-state index in [1.54, 1.807) is 0 Å². The first-order valence-corrected chi connectivity index (χ1v) is 8.47. The Labute approximate surface area is 156 Å². The number of carboxylic acids is 1. The van der Waals surface area contributed by atoms with Crippen LogP contribution in [0.3, 0.4) is 0 Å². The molecular weight excluding hydrogens is 391 g/mol. The number of aromatic nitrogens is 3. The molecule has 2 N–H and O–H groups in total. The summed E-state index contributed by atoms with van der Waals surface area (Å²) in [6.07, 6.45) is -3.03. The van der Waals surface area contributed by atoms with Gasteiger partial charge in [0, 0.05) is 5.02 Å². The molecule has 1 aliphatic rings. The zero-order valence-electron chi connectivity index (χ0n) is 13.8. The van der Waals surface area contributed by atoms with E-state index in [9.17, 15) is 18.0 Å². The maximum Gasteiger partial charge on any atom is 0.573 e. The number of halogens is 4. The van der Waals surface area contributed by atoms with Crippen LogP contribution in [0.15, 0.2) is 18.2 Å². The van der Waals surface area contributed by atoms with Crippen LogP contribution in [0.1, 0.15) is 47.7 Å². The molecule has 1 aliphatic carbocycles. The van der Waals surface area contributed by atoms with Crippen LogP contribution in [0.4, 0.5) is 13.2 Å². The number of carboxylic acid groups (broad SMARTS) is 1. The Kier molecular flexibility index (Phi) is 5.45. The van der Waals surface area contributed by atoms with E-state index in [-0.39, 0.29) is 29.3 Å². The van der Waals surface area contributed by atoms with Gasteiger partial charge in [0.05, 0.1) is 0 Å². The van der Waals surface area contributed by atoms with E-state index < -0.39 is 12.3 Å². The lowest BCUT2D eigenvalue weighted by atomic mass is 9.82. The molecule has 0 unspecified atom stereocenters. The van der Waals surface area contributed by atoms with Gasteiger partial charge in [-0.2, -0.15) is 0 Å². The van der Waals surface area contributed by atoms with Gasteiger partial charge in [-0.3, -0.25) is 0 Å². The maximum atomic E-state index is 12.6. The maximum absolute atomic E-state index is 12.6. The van der Waals surface area contributed by atoms with Crippen molar-refractivity contribution in [3.63, 3.8) is 0 Å². The van der Waals surface area contributed by atoms with Crippen LogP contribution in [-0.2, 0) is 0 Å². The van der Waals surface area contributed by atoms with Gasteiger partial charge in [-0.25, -0.2) is 9.89 Å². The van der Waals surface area contributed by atoms with Crippen LogP contribution in [0.25, 0.3) is 0 Å². The lowest BCUT2D eigenvalue weighted by molar-refractivity contribution is -0.275. The lowest BCUT2D eigenvalue weighted by Crippen LogP contribution is -2.25. The molecule has 0 saturated heterocycles. The van der Waals surface area contributed by atoms with Gasteiger partial charge in [-0.15, -0.1) is 13.2 Å². The standard InChI is InChI=1S/C16H15ClF3N3O4/c17-9-3-6-12(27-16(18,19)20)11(7-9)8-1-4-10(5-2-8)26-14-13(15(24)25)21-23-22-14/h3,6-8,10H,1-2,4-5H2,(H,24,25)(H,21,22,23)/t8-,10-. The molecule has 1 aromatic carbocycles. The third-order valence-electron chi connectivity index (χ3n) is 4.32. The number of nitrogens with one attached hydrogen (secondary N) is 1. The summed E-state index contributed by atoms with van der Waals surface area (Å²) in [6, 6.07) is 4.04. The van der Waals surface area contributed by atoms with Crippen molar-refractivity contribution in [2.45, 2.75) is 44.1 Å². The van der Waals surface area contributed by atoms with Gasteiger partial charge in [-0.1, -0.05) is 21.9 Å². The summed E-state index contributed by atoms with van der Waals surface area (Å²) in [6.45, 7) is 0. The first-order chi connectivity index (χ1) is 12.7. The highest BCUT2D eigenvalue weighted by atomic mass is 35.5. The predicted octanol–water partition coefficient (Wildman–Crippen LogP) is 4.16. The first kappa shape index (κ1) is 19.3. The van der Waals surface area contributed by atoms with Crippen molar-refractivity contribution < 1.29 is 32.5 Å². The van der Waals surface area contributed by atoms with Crippen molar-refractivity contribution >= 4 is 17.6 Å². The molecule has 7 nitrogen and oxygen atoms in total. The largest absolute Gasteiger partial charge is 0.573 e. The fourth-order valence-corrected chi connectivity index (χ4v) is 3.33. The molecule has 27 heavy (non-hydrogen) atoms. The number of H-pyrrole nitrogens is 1. The summed E-state index contributed by atoms with van der Waals surface area (Å²) >= 11 is 5.94. The van der Waals surface area contributed by atoms with Gasteiger partial charge in [0.15, 0.2) is 0 Å². The molecule has 1 heterocycles. The molecule has 2 aromatic rings. The minimum Gasteiger partial charge on any atom is -0.476 e. The minimum atomic E-state index is -4.79. The van der Waals surface area contributed by atoms with E-state index >= 15 is 0 Å². The molecule has 0 aliphatic heterocycles. The van der Waals surface area contributed by atoms with Crippen LogP contribution in [0.2, 0.25) is 5.02 Å². The number of hydrogen-bond acceptors (Lipinski definition) is 5. The van der Waals surface area contributed by atoms with Crippen molar-refractivity contribution in [2.75, 3.05) is 0 Å². The second-order valence-electron chi connectivity index (χ2n) is 6.12. The molecule has 0 amide bonds. The second kappa shape index (κ2) is 7.63. The zero-order valence-corrected chi connectivity index (χ0v) is 14.5. The molecule has 0 radical (unpaired) electrons. The van der Waals surface area contributed by atoms with Crippen molar-refractivity contribution in [3.8, 4) is 11.6 Å². The average Bonchev–Trinajstić information content (AvgIpc) is 3.04. The molecule has 1 aromatic heterocycles. The van der Waals surface area contributed by atoms with E-state index in [4.69, 9.17) is 21.4 Å². The summed E-state index contributed by atoms with van der Waals surface area (Å²) in [5.41, 5.74) is 0.152. The molecule has 0 spiro atoms. The van der Waals surface area contributed by atoms with Crippen LogP contribution in [0.5, 0.6) is 11.6 Å². The highest BCUT2D eigenvalue weighted by molar-refractivity contribution is 6.30. The molecule has 1 fully saturated rings. The molecule has 0 atom stereocenters. The van der Waals surface area contributed by atoms with Gasteiger partial charge >= 0.3 is 12.3 Å². The lowest BCUT2D eigenvalue weighted by Gasteiger charge is -2.29. The fraction of sp³-hybridized carbons (Fsp3) is 0.438. The van der Waals surface area contributed by atoms with Crippen molar-refractivity contribution in [2.24, 2.45) is 0 Å². The van der Waals surface area contributed by atoms with E-state index in [0.717, 1.165) is 0 Å². The molecule has 11 heteroatoms. The van der Waals surface area contributed by atoms with Crippen LogP contribution < -0.4 is 9.47 Å². The number of benzene rings is 1. The molecule has 146 valence electrons. The summed E-state index contributed by atoms with van der Waals surface area (Å²) < 4.78 is 47.6. The first-order valence-electron chi connectivity index (χ1n) is 8.09. The smallest absolute Gasteiger partial charge is 0.476 e. The number of ether oxygens (including phenoxy) is 2. The van der Waals surface area contributed by atoms with Gasteiger partial charge in [-0.05, 0) is 55.4 Å². The molecule has 3 rings (SSSR count). The number of nitrogens with zero attached hydrogens (tertiary/aromatic N) is 2. The third kappa shape index (κ3) is 4.82. The SMILES string of the molecule is O=C(O)c1[nH]nnc1O[C@H]1CC[C@H](c2cc(Cl)ccc2OC(F)(F)F)CC1. The Bertz CT molecular complexity index is 819. The Balaban J connectivity index is 1.68. The van der Waals surface area contributed by atoms with Crippen LogP contribution >= 0.6 is 11.6 Å². The van der Waals surface area contributed by atoms with Gasteiger partial charge in [0.25, 0.3) is 5.88 Å². The molecule has 0 bridgehead atoms. The van der Waals surface area contributed by atoms with E-state index in [0.29, 0.717) is 36.3 Å². The van der Waals surface area contributed by atoms with Gasteiger partial charge in [0.2, 0.25) is 5.69 Å². The number of aromatic amines is 1. The topological polar surface area (TPSA) is 97.3 Å². The zero-order chi connectivity index (χ0) is 19.6. The van der Waals surface area contributed by atoms with E-state index in [1.165, 1.54) is 18.2 Å². The van der Waals surface area contributed by atoms with Gasteiger partial charge in [0.1, 0.15) is 11.9 Å². The Morgan fingerprint density at radius 1 is 1.26 bits per heavy atom. The number of aromatic carboxylic acids is 1. The highest BCUT2D eigenvalue weighted by Crippen LogP contribution is 2.41. The predicted molar refractivity (Wildman–Crippen MR) is 87.1 cm³/mol. The molecular formula is C16H15ClF3N3O4. The number of carbonyl (C=O) groups is 1. The Hall–Kier alpha value is -2.49. The van der Waals surface area contributed by atoms with Gasteiger partial charge < -0.3 is 14.6 Å². The van der Waals surface area contributed by atoms with E-state index in [1.807, 2.05) is 0 Å². The average molecular weight is 406 g/mol. The number of rotatable bonds is 5. The van der Waals surface area contributed by atoms with E-state index in [2.05, 4.69) is 20.1 Å². The fourth-order valence-electron chi connectivity index (χ4n) is 3.15. The summed E-state index contributed by atoms with van der Waals surface area (Å²) in [5.74, 6) is -1.79. The number of alkyl halides is 3. The summed E-state index contributed by atoms with van der Waals surface area (Å²) in [7, 11) is 0. The third-order valence-corrected chi connectivity index (χ3v) is 4.56. The van der Waals surface area contributed by atoms with Crippen molar-refractivity contribution in [3.05, 3.63) is 34.5 Å². The van der Waals surface area contributed by atoms with Crippen molar-refractivity contribution in [1.82, 2.24) is 15.4 Å². The summed E-state index contributed by atoms with van der Waals surface area (Å²) in [4.78, 5) is 11.0.